The van der Waals surface area contributed by atoms with E-state index in [2.05, 4.69) is 10.6 Å². The number of fused-ring (bicyclic) bond motifs is 2. The third-order valence-corrected chi connectivity index (χ3v) is 5.42. The fourth-order valence-electron chi connectivity index (χ4n) is 3.90. The molecule has 1 aliphatic carbocycles. The van der Waals surface area contributed by atoms with Crippen molar-refractivity contribution in [3.63, 3.8) is 0 Å². The summed E-state index contributed by atoms with van der Waals surface area (Å²) in [5.41, 5.74) is 0.853. The molecule has 1 aliphatic heterocycles. The minimum atomic E-state index is -1.12. The number of carbonyl (C=O) groups excluding carboxylic acids is 3. The van der Waals surface area contributed by atoms with Gasteiger partial charge in [-0.25, -0.2) is 4.79 Å². The van der Waals surface area contributed by atoms with Crippen LogP contribution in [-0.2, 0) is 21.5 Å². The number of nitrogens with one attached hydrogen (secondary N) is 2. The molecule has 1 spiro atoms. The van der Waals surface area contributed by atoms with Crippen LogP contribution < -0.4 is 10.6 Å². The van der Waals surface area contributed by atoms with Crippen molar-refractivity contribution >= 4 is 35.1 Å². The molecular weight excluding hydrogens is 382 g/mol. The third kappa shape index (κ3) is 2.97. The molecule has 0 radical (unpaired) electrons. The Kier molecular flexibility index (Phi) is 4.47. The van der Waals surface area contributed by atoms with Crippen LogP contribution in [-0.4, -0.2) is 34.4 Å². The molecule has 4 amide bonds. The molecule has 0 saturated carbocycles. The van der Waals surface area contributed by atoms with E-state index >= 15 is 0 Å². The van der Waals surface area contributed by atoms with Crippen molar-refractivity contribution in [2.45, 2.75) is 24.8 Å². The van der Waals surface area contributed by atoms with E-state index in [1.165, 1.54) is 18.2 Å². The average Bonchev–Trinajstić information content (AvgIpc) is 2.89. The topological polar surface area (TPSA) is 98.7 Å². The number of aryl methyl sites for hydroxylation is 1. The van der Waals surface area contributed by atoms with Crippen molar-refractivity contribution in [2.75, 3.05) is 11.9 Å². The van der Waals surface area contributed by atoms with Gasteiger partial charge in [-0.1, -0.05) is 35.9 Å². The van der Waals surface area contributed by atoms with E-state index in [0.29, 0.717) is 11.4 Å². The Morgan fingerprint density at radius 1 is 1.25 bits per heavy atom. The van der Waals surface area contributed by atoms with Crippen LogP contribution in [0.5, 0.6) is 5.75 Å². The van der Waals surface area contributed by atoms with Gasteiger partial charge in [-0.05, 0) is 42.5 Å². The lowest BCUT2D eigenvalue weighted by atomic mass is 9.76. The summed E-state index contributed by atoms with van der Waals surface area (Å²) in [6.45, 7) is -0.448. The highest BCUT2D eigenvalue weighted by molar-refractivity contribution is 6.30. The van der Waals surface area contributed by atoms with Crippen LogP contribution in [0.25, 0.3) is 0 Å². The number of phenolic OH excluding ortho intramolecular Hbond substituents is 1. The molecule has 1 saturated heterocycles. The predicted molar refractivity (Wildman–Crippen MR) is 103 cm³/mol. The van der Waals surface area contributed by atoms with E-state index in [0.717, 1.165) is 28.9 Å². The third-order valence-electron chi connectivity index (χ3n) is 5.19. The Morgan fingerprint density at radius 2 is 2.04 bits per heavy atom. The van der Waals surface area contributed by atoms with Crippen LogP contribution in [0.2, 0.25) is 5.02 Å². The van der Waals surface area contributed by atoms with Gasteiger partial charge in [0.1, 0.15) is 17.8 Å². The van der Waals surface area contributed by atoms with Crippen LogP contribution in [0.4, 0.5) is 10.5 Å². The van der Waals surface area contributed by atoms with Gasteiger partial charge >= 0.3 is 6.03 Å². The summed E-state index contributed by atoms with van der Waals surface area (Å²) in [6.07, 6.45) is 2.10. The molecular formula is C20H18ClN3O4. The Hall–Kier alpha value is -3.06. The lowest BCUT2D eigenvalue weighted by Gasteiger charge is -2.33. The summed E-state index contributed by atoms with van der Waals surface area (Å²) in [5.74, 6) is -1.22. The van der Waals surface area contributed by atoms with Gasteiger partial charge in [0.25, 0.3) is 5.91 Å². The van der Waals surface area contributed by atoms with Crippen molar-refractivity contribution in [1.82, 2.24) is 10.2 Å². The zero-order chi connectivity index (χ0) is 19.9. The van der Waals surface area contributed by atoms with E-state index in [4.69, 9.17) is 11.6 Å². The van der Waals surface area contributed by atoms with Crippen LogP contribution in [0.1, 0.15) is 24.0 Å². The number of amides is 4. The number of aromatic hydroxyl groups is 1. The number of carbonyl (C=O) groups is 3. The van der Waals surface area contributed by atoms with E-state index < -0.39 is 29.9 Å². The highest BCUT2D eigenvalue weighted by Crippen LogP contribution is 2.39. The minimum Gasteiger partial charge on any atom is -0.506 e. The molecule has 1 atom stereocenters. The maximum atomic E-state index is 13.2. The first-order valence-electron chi connectivity index (χ1n) is 8.91. The number of hydrogen-bond acceptors (Lipinski definition) is 4. The fourth-order valence-corrected chi connectivity index (χ4v) is 4.07. The van der Waals surface area contributed by atoms with Crippen LogP contribution in [0.3, 0.4) is 0 Å². The molecule has 8 heteroatoms. The second-order valence-electron chi connectivity index (χ2n) is 6.95. The van der Waals surface area contributed by atoms with E-state index in [-0.39, 0.29) is 11.4 Å². The van der Waals surface area contributed by atoms with Gasteiger partial charge in [-0.2, -0.15) is 0 Å². The van der Waals surface area contributed by atoms with Gasteiger partial charge < -0.3 is 15.7 Å². The number of phenols is 1. The van der Waals surface area contributed by atoms with Crippen molar-refractivity contribution in [1.29, 1.82) is 0 Å². The van der Waals surface area contributed by atoms with Gasteiger partial charge in [-0.15, -0.1) is 0 Å². The number of imide groups is 1. The van der Waals surface area contributed by atoms with Crippen LogP contribution >= 0.6 is 11.6 Å². The standard InChI is InChI=1S/C20H18ClN3O4/c21-13-7-8-15(16(25)10-13)22-17(26)11-24-18(27)20(23-19(24)28)9-3-5-12-4-1-2-6-14(12)20/h1-2,4,6-8,10,25H,3,5,9,11H2,(H,22,26)(H,23,28). The highest BCUT2D eigenvalue weighted by Gasteiger charge is 2.54. The molecule has 7 nitrogen and oxygen atoms in total. The second-order valence-corrected chi connectivity index (χ2v) is 7.38. The maximum absolute atomic E-state index is 13.2. The number of halogens is 1. The van der Waals surface area contributed by atoms with Crippen molar-refractivity contribution in [3.8, 4) is 5.75 Å². The van der Waals surface area contributed by atoms with Gasteiger partial charge in [0.15, 0.2) is 0 Å². The van der Waals surface area contributed by atoms with E-state index in [1.54, 1.807) is 0 Å². The Bertz CT molecular complexity index is 993. The Balaban J connectivity index is 1.55. The molecule has 2 aromatic carbocycles. The normalized spacial score (nSPS) is 20.8. The van der Waals surface area contributed by atoms with Crippen LogP contribution in [0.15, 0.2) is 42.5 Å². The fraction of sp³-hybridized carbons (Fsp3) is 0.250. The minimum absolute atomic E-state index is 0.152. The summed E-state index contributed by atoms with van der Waals surface area (Å²) in [5, 5.41) is 15.5. The maximum Gasteiger partial charge on any atom is 0.325 e. The molecule has 1 unspecified atom stereocenters. The molecule has 144 valence electrons. The number of benzene rings is 2. The van der Waals surface area contributed by atoms with Gasteiger partial charge in [0.2, 0.25) is 5.91 Å². The first kappa shape index (κ1) is 18.3. The van der Waals surface area contributed by atoms with Gasteiger partial charge in [0.05, 0.1) is 5.69 Å². The zero-order valence-corrected chi connectivity index (χ0v) is 15.6. The number of rotatable bonds is 3. The molecule has 2 aliphatic rings. The first-order valence-corrected chi connectivity index (χ1v) is 9.29. The summed E-state index contributed by atoms with van der Waals surface area (Å²) in [7, 11) is 0. The summed E-state index contributed by atoms with van der Waals surface area (Å²) in [4.78, 5) is 39.0. The molecule has 1 heterocycles. The SMILES string of the molecule is O=C(CN1C(=O)NC2(CCCc3ccccc32)C1=O)Nc1ccc(Cl)cc1O. The number of nitrogens with zero attached hydrogens (tertiary/aromatic N) is 1. The smallest absolute Gasteiger partial charge is 0.325 e. The molecule has 0 aromatic heterocycles. The number of urea groups is 1. The lowest BCUT2D eigenvalue weighted by molar-refractivity contribution is -0.134. The van der Waals surface area contributed by atoms with Crippen molar-refractivity contribution in [2.24, 2.45) is 0 Å². The van der Waals surface area contributed by atoms with E-state index in [9.17, 15) is 19.5 Å². The molecule has 3 N–H and O–H groups in total. The van der Waals surface area contributed by atoms with Crippen LogP contribution in [0, 0.1) is 0 Å². The monoisotopic (exact) mass is 399 g/mol. The summed E-state index contributed by atoms with van der Waals surface area (Å²) < 4.78 is 0. The van der Waals surface area contributed by atoms with Gasteiger partial charge in [0, 0.05) is 11.1 Å². The largest absolute Gasteiger partial charge is 0.506 e. The molecule has 4 rings (SSSR count). The first-order chi connectivity index (χ1) is 13.4. The summed E-state index contributed by atoms with van der Waals surface area (Å²) in [6, 6.07) is 11.2. The zero-order valence-electron chi connectivity index (χ0n) is 14.9. The second kappa shape index (κ2) is 6.83. The summed E-state index contributed by atoms with van der Waals surface area (Å²) >= 11 is 5.77. The van der Waals surface area contributed by atoms with E-state index in [1.807, 2.05) is 24.3 Å². The number of hydrogen-bond donors (Lipinski definition) is 3. The quantitative estimate of drug-likeness (QED) is 0.546. The number of anilines is 1. The molecule has 28 heavy (non-hydrogen) atoms. The Morgan fingerprint density at radius 3 is 2.82 bits per heavy atom. The highest BCUT2D eigenvalue weighted by atomic mass is 35.5. The van der Waals surface area contributed by atoms with Crippen molar-refractivity contribution < 1.29 is 19.5 Å². The molecule has 2 aromatic rings. The molecule has 0 bridgehead atoms. The van der Waals surface area contributed by atoms with Crippen molar-refractivity contribution in [3.05, 3.63) is 58.6 Å². The predicted octanol–water partition coefficient (Wildman–Crippen LogP) is 2.77. The molecule has 1 fully saturated rings. The van der Waals surface area contributed by atoms with Gasteiger partial charge in [-0.3, -0.25) is 14.5 Å². The average molecular weight is 400 g/mol. The Labute approximate surface area is 166 Å². The lowest BCUT2D eigenvalue weighted by Crippen LogP contribution is -2.47.